The van der Waals surface area contributed by atoms with Crippen LogP contribution in [-0.4, -0.2) is 40.3 Å². The van der Waals surface area contributed by atoms with Gasteiger partial charge >= 0.3 is 0 Å². The lowest BCUT2D eigenvalue weighted by Gasteiger charge is -2.28. The molecule has 2 rings (SSSR count). The molecule has 1 aliphatic rings. The topological polar surface area (TPSA) is 37.4 Å². The number of nitrogens with zero attached hydrogens (tertiary/aromatic N) is 1. The molecule has 4 heteroatoms. The van der Waals surface area contributed by atoms with Gasteiger partial charge in [-0.15, -0.1) is 0 Å². The predicted molar refractivity (Wildman–Crippen MR) is 73.4 cm³/mol. The van der Waals surface area contributed by atoms with Crippen LogP contribution < -0.4 is 0 Å². The number of carbonyl (C=O) groups is 1. The highest BCUT2D eigenvalue weighted by Crippen LogP contribution is 2.21. The summed E-state index contributed by atoms with van der Waals surface area (Å²) < 4.78 is 12.4. The van der Waals surface area contributed by atoms with Crippen molar-refractivity contribution in [3.8, 4) is 0 Å². The lowest BCUT2D eigenvalue weighted by atomic mass is 10.1. The second-order valence-electron chi connectivity index (χ2n) is 4.88. The molecule has 1 fully saturated rings. The lowest BCUT2D eigenvalue weighted by Crippen LogP contribution is -2.34. The van der Waals surface area contributed by atoms with E-state index in [0.717, 1.165) is 30.8 Å². The molecule has 1 heterocycles. The molecule has 0 N–H and O–H groups in total. The largest absolute Gasteiger partial charge is 0.306 e. The van der Waals surface area contributed by atoms with Crippen LogP contribution in [0, 0.1) is 0 Å². The van der Waals surface area contributed by atoms with Crippen LogP contribution >= 0.6 is 0 Å². The Bertz CT molecular complexity index is 447. The van der Waals surface area contributed by atoms with Crippen LogP contribution in [0.25, 0.3) is 0 Å². The van der Waals surface area contributed by atoms with E-state index >= 15 is 0 Å². The summed E-state index contributed by atoms with van der Waals surface area (Å²) in [6.07, 6.45) is 1.97. The minimum absolute atomic E-state index is 0.0478. The van der Waals surface area contributed by atoms with Gasteiger partial charge < -0.3 is 4.90 Å². The summed E-state index contributed by atoms with van der Waals surface area (Å²) in [6.45, 7) is 3.58. The summed E-state index contributed by atoms with van der Waals surface area (Å²) in [7, 11) is 1.15. The quantitative estimate of drug-likeness (QED) is 0.785. The third-order valence-electron chi connectivity index (χ3n) is 3.46. The number of rotatable bonds is 3. The number of Topliss-reactive ketones (excluding diaryl/α,β-unsaturated/α-hetero) is 1. The van der Waals surface area contributed by atoms with Gasteiger partial charge in [-0.1, -0.05) is 12.1 Å². The van der Waals surface area contributed by atoms with E-state index in [-0.39, 0.29) is 11.0 Å². The van der Waals surface area contributed by atoms with Gasteiger partial charge in [0.15, 0.2) is 5.78 Å². The van der Waals surface area contributed by atoms with Crippen molar-refractivity contribution in [3.05, 3.63) is 29.8 Å². The van der Waals surface area contributed by atoms with Crippen molar-refractivity contribution in [2.45, 2.75) is 29.9 Å². The number of benzene rings is 1. The summed E-state index contributed by atoms with van der Waals surface area (Å²) in [6, 6.07) is 7.19. The van der Waals surface area contributed by atoms with E-state index in [9.17, 15) is 9.00 Å². The molecule has 1 aromatic carbocycles. The van der Waals surface area contributed by atoms with Crippen LogP contribution in [0.3, 0.4) is 0 Å². The van der Waals surface area contributed by atoms with Crippen LogP contribution in [0.1, 0.15) is 30.1 Å². The Hall–Kier alpha value is -1.00. The summed E-state index contributed by atoms with van der Waals surface area (Å²) in [5.41, 5.74) is 0.680. The first-order valence-corrected chi connectivity index (χ1v) is 7.49. The normalized spacial score (nSPS) is 19.7. The van der Waals surface area contributed by atoms with Crippen LogP contribution in [0.2, 0.25) is 0 Å². The zero-order valence-corrected chi connectivity index (χ0v) is 11.7. The van der Waals surface area contributed by atoms with Crippen molar-refractivity contribution in [1.29, 1.82) is 0 Å². The third kappa shape index (κ3) is 3.06. The highest BCUT2D eigenvalue weighted by Gasteiger charge is 2.23. The molecule has 3 nitrogen and oxygen atoms in total. The monoisotopic (exact) mass is 265 g/mol. The molecule has 0 saturated carbocycles. The van der Waals surface area contributed by atoms with Gasteiger partial charge in [-0.2, -0.15) is 0 Å². The van der Waals surface area contributed by atoms with E-state index < -0.39 is 10.8 Å². The Labute approximate surface area is 111 Å². The lowest BCUT2D eigenvalue weighted by molar-refractivity contribution is 0.101. The molecule has 0 aromatic heterocycles. The molecule has 1 atom stereocenters. The van der Waals surface area contributed by atoms with Gasteiger partial charge in [0.2, 0.25) is 0 Å². The van der Waals surface area contributed by atoms with E-state index in [2.05, 4.69) is 11.9 Å². The second kappa shape index (κ2) is 5.76. The van der Waals surface area contributed by atoms with Gasteiger partial charge in [-0.3, -0.25) is 9.00 Å². The van der Waals surface area contributed by atoms with Crippen molar-refractivity contribution < 1.29 is 9.00 Å². The molecule has 1 unspecified atom stereocenters. The molecule has 18 heavy (non-hydrogen) atoms. The van der Waals surface area contributed by atoms with Crippen molar-refractivity contribution >= 4 is 16.6 Å². The van der Waals surface area contributed by atoms with Gasteiger partial charge in [0.25, 0.3) is 0 Å². The SMILES string of the molecule is CC(=O)c1ccc(S(=O)C2CCN(C)CC2)cc1. The van der Waals surface area contributed by atoms with Crippen LogP contribution in [0.5, 0.6) is 0 Å². The van der Waals surface area contributed by atoms with Gasteiger partial charge in [-0.25, -0.2) is 0 Å². The first kappa shape index (κ1) is 13.4. The summed E-state index contributed by atoms with van der Waals surface area (Å²) in [4.78, 5) is 14.3. The minimum Gasteiger partial charge on any atom is -0.306 e. The van der Waals surface area contributed by atoms with Gasteiger partial charge in [0.1, 0.15) is 0 Å². The maximum atomic E-state index is 12.4. The molecule has 0 amide bonds. The molecule has 0 radical (unpaired) electrons. The maximum Gasteiger partial charge on any atom is 0.159 e. The zero-order valence-electron chi connectivity index (χ0n) is 10.9. The number of hydrogen-bond donors (Lipinski definition) is 0. The van der Waals surface area contributed by atoms with E-state index in [0.29, 0.717) is 5.56 Å². The average molecular weight is 265 g/mol. The van der Waals surface area contributed by atoms with Crippen molar-refractivity contribution in [2.24, 2.45) is 0 Å². The van der Waals surface area contributed by atoms with E-state index in [4.69, 9.17) is 0 Å². The Morgan fingerprint density at radius 2 is 1.78 bits per heavy atom. The Kier molecular flexibility index (Phi) is 4.30. The number of likely N-dealkylation sites (tertiary alicyclic amines) is 1. The van der Waals surface area contributed by atoms with Crippen LogP contribution in [0.4, 0.5) is 0 Å². The van der Waals surface area contributed by atoms with Crippen molar-refractivity contribution in [2.75, 3.05) is 20.1 Å². The highest BCUT2D eigenvalue weighted by atomic mass is 32.2. The third-order valence-corrected chi connectivity index (χ3v) is 5.28. The fourth-order valence-corrected chi connectivity index (χ4v) is 3.64. The first-order chi connectivity index (χ1) is 8.58. The summed E-state index contributed by atoms with van der Waals surface area (Å²) in [5.74, 6) is 0.0478. The minimum atomic E-state index is -0.944. The summed E-state index contributed by atoms with van der Waals surface area (Å²) in [5, 5.41) is 0.254. The molecular formula is C14H19NO2S. The van der Waals surface area contributed by atoms with E-state index in [1.807, 2.05) is 12.1 Å². The molecule has 1 aliphatic heterocycles. The van der Waals surface area contributed by atoms with Crippen molar-refractivity contribution in [3.63, 3.8) is 0 Å². The first-order valence-electron chi connectivity index (χ1n) is 6.28. The fourth-order valence-electron chi connectivity index (χ4n) is 2.22. The standard InChI is InChI=1S/C14H19NO2S/c1-11(16)12-3-5-13(6-4-12)18(17)14-7-9-15(2)10-8-14/h3-6,14H,7-10H2,1-2H3. The van der Waals surface area contributed by atoms with Gasteiger partial charge in [0, 0.05) is 15.7 Å². The molecule has 1 saturated heterocycles. The number of piperidine rings is 1. The molecular weight excluding hydrogens is 246 g/mol. The Morgan fingerprint density at radius 3 is 2.28 bits per heavy atom. The van der Waals surface area contributed by atoms with Crippen molar-refractivity contribution in [1.82, 2.24) is 4.90 Å². The number of carbonyl (C=O) groups excluding carboxylic acids is 1. The molecule has 98 valence electrons. The molecule has 0 spiro atoms. The smallest absolute Gasteiger partial charge is 0.159 e. The Balaban J connectivity index is 2.07. The summed E-state index contributed by atoms with van der Waals surface area (Å²) >= 11 is 0. The fraction of sp³-hybridized carbons (Fsp3) is 0.500. The second-order valence-corrected chi connectivity index (χ2v) is 6.61. The number of hydrogen-bond acceptors (Lipinski definition) is 3. The average Bonchev–Trinajstić information content (AvgIpc) is 2.39. The highest BCUT2D eigenvalue weighted by molar-refractivity contribution is 7.85. The molecule has 0 bridgehead atoms. The Morgan fingerprint density at radius 1 is 1.22 bits per heavy atom. The predicted octanol–water partition coefficient (Wildman–Crippen LogP) is 2.09. The van der Waals surface area contributed by atoms with E-state index in [1.165, 1.54) is 0 Å². The van der Waals surface area contributed by atoms with Gasteiger partial charge in [0.05, 0.1) is 10.8 Å². The molecule has 0 aliphatic carbocycles. The van der Waals surface area contributed by atoms with E-state index in [1.54, 1.807) is 19.1 Å². The number of ketones is 1. The van der Waals surface area contributed by atoms with Crippen LogP contribution in [-0.2, 0) is 10.8 Å². The van der Waals surface area contributed by atoms with Crippen LogP contribution in [0.15, 0.2) is 29.2 Å². The maximum absolute atomic E-state index is 12.4. The van der Waals surface area contributed by atoms with Gasteiger partial charge in [-0.05, 0) is 52.0 Å². The zero-order chi connectivity index (χ0) is 13.1. The molecule has 1 aromatic rings.